The molecule has 1 amide bonds. The van der Waals surface area contributed by atoms with Gasteiger partial charge in [0.15, 0.2) is 0 Å². The van der Waals surface area contributed by atoms with E-state index in [0.29, 0.717) is 5.75 Å². The molecule has 2 atom stereocenters. The van der Waals surface area contributed by atoms with Crippen molar-refractivity contribution in [2.45, 2.75) is 37.9 Å². The van der Waals surface area contributed by atoms with Crippen LogP contribution in [0.1, 0.15) is 20.8 Å². The van der Waals surface area contributed by atoms with Gasteiger partial charge < -0.3 is 14.6 Å². The zero-order chi connectivity index (χ0) is 12.3. The highest BCUT2D eigenvalue weighted by atomic mass is 32.2. The fourth-order valence-electron chi connectivity index (χ4n) is 1.11. The Kier molecular flexibility index (Phi) is 4.03. The summed E-state index contributed by atoms with van der Waals surface area (Å²) in [6, 6.07) is -0.732. The molecule has 0 bridgehead atoms. The molecule has 2 unspecified atom stereocenters. The number of hydrogen-bond donors (Lipinski definition) is 2. The van der Waals surface area contributed by atoms with Gasteiger partial charge in [-0.3, -0.25) is 10.6 Å². The average Bonchev–Trinajstić information content (AvgIpc) is 2.48. The molecule has 1 fully saturated rings. The van der Waals surface area contributed by atoms with Crippen molar-refractivity contribution in [3.8, 4) is 0 Å². The second kappa shape index (κ2) is 4.92. The fourth-order valence-corrected chi connectivity index (χ4v) is 2.16. The summed E-state index contributed by atoms with van der Waals surface area (Å²) in [4.78, 5) is 21.9. The van der Waals surface area contributed by atoms with Gasteiger partial charge in [0, 0.05) is 5.75 Å². The molecule has 1 heterocycles. The van der Waals surface area contributed by atoms with E-state index in [9.17, 15) is 14.7 Å². The lowest BCUT2D eigenvalue weighted by molar-refractivity contribution is -0.307. The van der Waals surface area contributed by atoms with Crippen molar-refractivity contribution in [3.05, 3.63) is 0 Å². The summed E-state index contributed by atoms with van der Waals surface area (Å²) >= 11 is 1.29. The maximum Gasteiger partial charge on any atom is 0.409 e. The minimum Gasteiger partial charge on any atom is -0.548 e. The van der Waals surface area contributed by atoms with Crippen molar-refractivity contribution in [2.75, 3.05) is 5.75 Å². The molecule has 1 saturated heterocycles. The molecule has 1 aliphatic rings. The lowest BCUT2D eigenvalue weighted by atomic mass is 10.2. The van der Waals surface area contributed by atoms with E-state index in [4.69, 9.17) is 4.74 Å². The van der Waals surface area contributed by atoms with Gasteiger partial charge in [-0.15, -0.1) is 11.8 Å². The molecule has 6 nitrogen and oxygen atoms in total. The Labute approximate surface area is 98.1 Å². The standard InChI is InChI=1S/C9H16N2O4S/c1-9(2,3)15-8(14)11-7-10-5(4-16-7)6(12)13/h5,7,10H,4H2,1-3H3,(H,11,14)(H,12,13)/p-1. The number of alkyl carbamates (subject to hydrolysis) is 1. The number of rotatable bonds is 2. The van der Waals surface area contributed by atoms with Crippen molar-refractivity contribution in [1.29, 1.82) is 0 Å². The third kappa shape index (κ3) is 4.28. The van der Waals surface area contributed by atoms with Crippen LogP contribution < -0.4 is 15.7 Å². The first-order valence-corrected chi connectivity index (χ1v) is 5.91. The molecular formula is C9H15N2O4S-. The number of aliphatic carboxylic acids is 1. The van der Waals surface area contributed by atoms with Gasteiger partial charge in [-0.05, 0) is 20.8 Å². The van der Waals surface area contributed by atoms with Gasteiger partial charge >= 0.3 is 6.09 Å². The SMILES string of the molecule is CC(C)(C)OC(=O)NC1NC(C(=O)[O-])CS1. The van der Waals surface area contributed by atoms with E-state index in [-0.39, 0.29) is 0 Å². The first-order valence-electron chi connectivity index (χ1n) is 4.86. The summed E-state index contributed by atoms with van der Waals surface area (Å²) in [5.74, 6) is -0.802. The van der Waals surface area contributed by atoms with E-state index in [1.165, 1.54) is 11.8 Å². The quantitative estimate of drug-likeness (QED) is 0.667. The second-order valence-electron chi connectivity index (χ2n) is 4.40. The first kappa shape index (κ1) is 13.1. The van der Waals surface area contributed by atoms with Crippen LogP contribution in [0.2, 0.25) is 0 Å². The highest BCUT2D eigenvalue weighted by Gasteiger charge is 2.27. The van der Waals surface area contributed by atoms with Crippen LogP contribution >= 0.6 is 11.8 Å². The van der Waals surface area contributed by atoms with Gasteiger partial charge in [0.05, 0.1) is 12.0 Å². The van der Waals surface area contributed by atoms with Crippen LogP contribution in [0.15, 0.2) is 0 Å². The summed E-state index contributed by atoms with van der Waals surface area (Å²) in [5, 5.41) is 15.7. The molecule has 1 aliphatic heterocycles. The van der Waals surface area contributed by atoms with Crippen LogP contribution in [0.25, 0.3) is 0 Å². The summed E-state index contributed by atoms with van der Waals surface area (Å²) in [7, 11) is 0. The van der Waals surface area contributed by atoms with Crippen molar-refractivity contribution in [2.24, 2.45) is 0 Å². The molecule has 0 saturated carbocycles. The second-order valence-corrected chi connectivity index (χ2v) is 5.54. The lowest BCUT2D eigenvalue weighted by Gasteiger charge is -2.21. The average molecular weight is 247 g/mol. The Morgan fingerprint density at radius 2 is 2.12 bits per heavy atom. The van der Waals surface area contributed by atoms with Crippen LogP contribution in [-0.4, -0.2) is 35.0 Å². The third-order valence-electron chi connectivity index (χ3n) is 1.71. The molecule has 0 aromatic rings. The van der Waals surface area contributed by atoms with Crippen LogP contribution in [0.3, 0.4) is 0 Å². The van der Waals surface area contributed by atoms with Crippen molar-refractivity contribution in [3.63, 3.8) is 0 Å². The molecule has 16 heavy (non-hydrogen) atoms. The summed E-state index contributed by atoms with van der Waals surface area (Å²) in [6.45, 7) is 5.27. The highest BCUT2D eigenvalue weighted by Crippen LogP contribution is 2.17. The van der Waals surface area contributed by atoms with Crippen LogP contribution in [-0.2, 0) is 9.53 Å². The van der Waals surface area contributed by atoms with Crippen molar-refractivity contribution in [1.82, 2.24) is 10.6 Å². The zero-order valence-corrected chi connectivity index (χ0v) is 10.2. The largest absolute Gasteiger partial charge is 0.548 e. The predicted molar refractivity (Wildman–Crippen MR) is 57.5 cm³/mol. The molecule has 0 radical (unpaired) electrons. The van der Waals surface area contributed by atoms with Gasteiger partial charge in [-0.25, -0.2) is 4.79 Å². The Hall–Kier alpha value is -0.950. The maximum atomic E-state index is 11.3. The van der Waals surface area contributed by atoms with Crippen molar-refractivity contribution >= 4 is 23.8 Å². The number of hydrogen-bond acceptors (Lipinski definition) is 6. The number of carbonyl (C=O) groups is 2. The summed E-state index contributed by atoms with van der Waals surface area (Å²) in [6.07, 6.45) is -0.573. The number of nitrogens with one attached hydrogen (secondary N) is 2. The van der Waals surface area contributed by atoms with E-state index in [2.05, 4.69) is 10.6 Å². The molecular weight excluding hydrogens is 232 g/mol. The summed E-state index contributed by atoms with van der Waals surface area (Å²) in [5.41, 5.74) is -1.01. The van der Waals surface area contributed by atoms with E-state index in [1.54, 1.807) is 20.8 Å². The van der Waals surface area contributed by atoms with E-state index in [0.717, 1.165) is 0 Å². The number of carbonyl (C=O) groups excluding carboxylic acids is 2. The lowest BCUT2D eigenvalue weighted by Crippen LogP contribution is -2.50. The predicted octanol–water partition coefficient (Wildman–Crippen LogP) is -0.750. The maximum absolute atomic E-state index is 11.3. The molecule has 0 aromatic heterocycles. The molecule has 0 aromatic carbocycles. The smallest absolute Gasteiger partial charge is 0.409 e. The summed E-state index contributed by atoms with van der Waals surface area (Å²) < 4.78 is 5.03. The van der Waals surface area contributed by atoms with Crippen LogP contribution in [0, 0.1) is 0 Å². The minimum absolute atomic E-state index is 0.364. The Morgan fingerprint density at radius 1 is 1.50 bits per heavy atom. The first-order chi connectivity index (χ1) is 7.28. The Bertz CT molecular complexity index is 290. The van der Waals surface area contributed by atoms with Gasteiger partial charge in [0.2, 0.25) is 0 Å². The van der Waals surface area contributed by atoms with Crippen LogP contribution in [0.4, 0.5) is 4.79 Å². The van der Waals surface area contributed by atoms with Gasteiger partial charge in [-0.1, -0.05) is 0 Å². The van der Waals surface area contributed by atoms with E-state index in [1.807, 2.05) is 0 Å². The molecule has 92 valence electrons. The minimum atomic E-state index is -1.17. The Balaban J connectivity index is 2.34. The zero-order valence-electron chi connectivity index (χ0n) is 9.40. The number of carboxylic acids is 1. The van der Waals surface area contributed by atoms with Gasteiger partial charge in [-0.2, -0.15) is 0 Å². The molecule has 0 spiro atoms. The monoisotopic (exact) mass is 247 g/mol. The number of ether oxygens (including phenoxy) is 1. The van der Waals surface area contributed by atoms with E-state index >= 15 is 0 Å². The molecule has 0 aliphatic carbocycles. The van der Waals surface area contributed by atoms with Gasteiger partial charge in [0.1, 0.15) is 11.1 Å². The van der Waals surface area contributed by atoms with Crippen LogP contribution in [0.5, 0.6) is 0 Å². The Morgan fingerprint density at radius 3 is 2.56 bits per heavy atom. The number of carboxylic acid groups (broad SMARTS) is 1. The molecule has 1 rings (SSSR count). The normalized spacial score (nSPS) is 25.2. The topological polar surface area (TPSA) is 90.5 Å². The molecule has 2 N–H and O–H groups in total. The molecule has 7 heteroatoms. The number of thioether (sulfide) groups is 1. The number of amides is 1. The van der Waals surface area contributed by atoms with E-state index < -0.39 is 29.2 Å². The fraction of sp³-hybridized carbons (Fsp3) is 0.778. The van der Waals surface area contributed by atoms with Crippen molar-refractivity contribution < 1.29 is 19.4 Å². The third-order valence-corrected chi connectivity index (χ3v) is 2.83. The van der Waals surface area contributed by atoms with Gasteiger partial charge in [0.25, 0.3) is 0 Å². The highest BCUT2D eigenvalue weighted by molar-refractivity contribution is 8.00.